The molecular weight excluding hydrogens is 561 g/mol. The van der Waals surface area contributed by atoms with Gasteiger partial charge in [0.15, 0.2) is 11.0 Å². The van der Waals surface area contributed by atoms with E-state index in [1.54, 1.807) is 54.1 Å². The normalized spacial score (nSPS) is 10.6. The summed E-state index contributed by atoms with van der Waals surface area (Å²) < 4.78 is 32.0. The van der Waals surface area contributed by atoms with Crippen LogP contribution in [0.2, 0.25) is 5.02 Å². The lowest BCUT2D eigenvalue weighted by Gasteiger charge is -2.15. The molecule has 2 N–H and O–H groups in total. The maximum Gasteiger partial charge on any atom is 0.256 e. The fourth-order valence-corrected chi connectivity index (χ4v) is 4.70. The number of nitrogens with zero attached hydrogens (tertiary/aromatic N) is 3. The van der Waals surface area contributed by atoms with Gasteiger partial charge in [0.2, 0.25) is 5.91 Å². The maximum atomic E-state index is 14.3. The van der Waals surface area contributed by atoms with Crippen molar-refractivity contribution in [2.24, 2.45) is 0 Å². The van der Waals surface area contributed by atoms with Crippen LogP contribution in [0.4, 0.5) is 10.1 Å². The van der Waals surface area contributed by atoms with Gasteiger partial charge in [0.1, 0.15) is 23.1 Å². The molecule has 3 aromatic carbocycles. The molecule has 40 heavy (non-hydrogen) atoms. The number of ether oxygens (including phenoxy) is 3. The van der Waals surface area contributed by atoms with Gasteiger partial charge in [-0.3, -0.25) is 14.2 Å². The molecule has 4 rings (SSSR count). The number of aromatic nitrogens is 3. The summed E-state index contributed by atoms with van der Waals surface area (Å²) >= 11 is 7.17. The van der Waals surface area contributed by atoms with E-state index in [9.17, 15) is 14.0 Å². The molecule has 0 atom stereocenters. The molecule has 2 amide bonds. The first kappa shape index (κ1) is 28.7. The van der Waals surface area contributed by atoms with Crippen molar-refractivity contribution in [3.05, 3.63) is 82.9 Å². The van der Waals surface area contributed by atoms with Crippen LogP contribution in [-0.2, 0) is 11.3 Å². The van der Waals surface area contributed by atoms with Crippen molar-refractivity contribution >= 4 is 40.9 Å². The summed E-state index contributed by atoms with van der Waals surface area (Å²) in [5.41, 5.74) is 0.842. The molecule has 10 nitrogen and oxygen atoms in total. The smallest absolute Gasteiger partial charge is 0.256 e. The third kappa shape index (κ3) is 6.64. The van der Waals surface area contributed by atoms with E-state index in [1.165, 1.54) is 26.4 Å². The van der Waals surface area contributed by atoms with Crippen molar-refractivity contribution in [1.29, 1.82) is 0 Å². The number of methoxy groups -OCH3 is 3. The third-order valence-corrected chi connectivity index (χ3v) is 6.87. The Kier molecular flexibility index (Phi) is 9.46. The van der Waals surface area contributed by atoms with Crippen LogP contribution in [0.15, 0.2) is 65.8 Å². The van der Waals surface area contributed by atoms with E-state index in [2.05, 4.69) is 20.8 Å². The van der Waals surface area contributed by atoms with Gasteiger partial charge in [-0.05, 0) is 48.5 Å². The number of carbonyl (C=O) groups excluding carboxylic acids is 2. The van der Waals surface area contributed by atoms with Crippen LogP contribution >= 0.6 is 23.4 Å². The van der Waals surface area contributed by atoms with E-state index >= 15 is 0 Å². The second kappa shape index (κ2) is 13.2. The second-order valence-electron chi connectivity index (χ2n) is 8.12. The van der Waals surface area contributed by atoms with E-state index in [-0.39, 0.29) is 28.8 Å². The highest BCUT2D eigenvalue weighted by Crippen LogP contribution is 2.32. The number of amides is 2. The zero-order chi connectivity index (χ0) is 28.6. The molecule has 0 saturated carbocycles. The Balaban J connectivity index is 1.59. The quantitative estimate of drug-likeness (QED) is 0.242. The lowest BCUT2D eigenvalue weighted by atomic mass is 10.2. The Hall–Kier alpha value is -4.29. The van der Waals surface area contributed by atoms with Crippen LogP contribution in [0.25, 0.3) is 5.69 Å². The Bertz CT molecular complexity index is 1500. The minimum atomic E-state index is -0.750. The van der Waals surface area contributed by atoms with Gasteiger partial charge in [0, 0.05) is 11.8 Å². The van der Waals surface area contributed by atoms with Gasteiger partial charge >= 0.3 is 0 Å². The summed E-state index contributed by atoms with van der Waals surface area (Å²) in [6.45, 7) is -0.129. The average Bonchev–Trinajstić information content (AvgIpc) is 3.37. The fourth-order valence-electron chi connectivity index (χ4n) is 3.69. The Morgan fingerprint density at radius 2 is 1.70 bits per heavy atom. The van der Waals surface area contributed by atoms with Crippen molar-refractivity contribution in [1.82, 2.24) is 20.1 Å². The Morgan fingerprint density at radius 1 is 0.975 bits per heavy atom. The summed E-state index contributed by atoms with van der Waals surface area (Å²) in [6, 6.07) is 16.1. The second-order valence-corrected chi connectivity index (χ2v) is 9.47. The summed E-state index contributed by atoms with van der Waals surface area (Å²) in [5, 5.41) is 14.2. The molecule has 0 saturated heterocycles. The molecule has 0 aliphatic heterocycles. The van der Waals surface area contributed by atoms with Crippen LogP contribution in [0, 0.1) is 5.82 Å². The summed E-state index contributed by atoms with van der Waals surface area (Å²) in [5.74, 6) is 0.235. The Labute approximate surface area is 238 Å². The molecule has 0 spiro atoms. The van der Waals surface area contributed by atoms with Crippen molar-refractivity contribution in [2.45, 2.75) is 11.7 Å². The van der Waals surface area contributed by atoms with Crippen molar-refractivity contribution in [2.75, 3.05) is 32.4 Å². The van der Waals surface area contributed by atoms with Gasteiger partial charge in [0.25, 0.3) is 5.91 Å². The molecule has 13 heteroatoms. The molecule has 0 aliphatic carbocycles. The molecule has 4 aromatic rings. The van der Waals surface area contributed by atoms with Crippen molar-refractivity contribution < 1.29 is 28.2 Å². The number of carbonyl (C=O) groups is 2. The molecule has 208 valence electrons. The number of halogens is 2. The number of anilines is 1. The SMILES string of the molecule is COc1ccc(NC(=O)CSc2nnc(CNC(=O)c3c(F)cccc3Cl)n2-c2cc(OC)ccc2OC)cc1. The highest BCUT2D eigenvalue weighted by molar-refractivity contribution is 7.99. The van der Waals surface area contributed by atoms with E-state index in [0.29, 0.717) is 39.6 Å². The predicted molar refractivity (Wildman–Crippen MR) is 149 cm³/mol. The Morgan fingerprint density at radius 3 is 2.38 bits per heavy atom. The van der Waals surface area contributed by atoms with Gasteiger partial charge in [-0.15, -0.1) is 10.2 Å². The standard InChI is InChI=1S/C27H25ClFN5O5S/c1-37-17-9-7-16(8-10-17)31-24(35)15-40-27-33-32-23(14-30-26(36)25-19(28)5-4-6-20(25)29)34(27)21-13-18(38-2)11-12-22(21)39-3/h4-13H,14-15H2,1-3H3,(H,30,36)(H,31,35). The average molecular weight is 586 g/mol. The molecule has 0 bridgehead atoms. The highest BCUT2D eigenvalue weighted by Gasteiger charge is 2.22. The molecule has 0 unspecified atom stereocenters. The van der Waals surface area contributed by atoms with E-state index in [4.69, 9.17) is 25.8 Å². The number of hydrogen-bond acceptors (Lipinski definition) is 8. The number of nitrogens with one attached hydrogen (secondary N) is 2. The topological polar surface area (TPSA) is 117 Å². The first-order valence-corrected chi connectivity index (χ1v) is 13.2. The minimum absolute atomic E-state index is 0.00758. The summed E-state index contributed by atoms with van der Waals surface area (Å²) in [6.07, 6.45) is 0. The minimum Gasteiger partial charge on any atom is -0.497 e. The van der Waals surface area contributed by atoms with Crippen LogP contribution in [-0.4, -0.2) is 53.7 Å². The molecule has 1 aromatic heterocycles. The van der Waals surface area contributed by atoms with Crippen molar-refractivity contribution in [3.63, 3.8) is 0 Å². The van der Waals surface area contributed by atoms with Gasteiger partial charge < -0.3 is 24.8 Å². The van der Waals surface area contributed by atoms with Crippen LogP contribution in [0.1, 0.15) is 16.2 Å². The van der Waals surface area contributed by atoms with Gasteiger partial charge in [0.05, 0.1) is 49.9 Å². The molecule has 0 aliphatic rings. The van der Waals surface area contributed by atoms with Gasteiger partial charge in [-0.1, -0.05) is 29.4 Å². The lowest BCUT2D eigenvalue weighted by Crippen LogP contribution is -2.26. The predicted octanol–water partition coefficient (Wildman–Crippen LogP) is 4.75. The van der Waals surface area contributed by atoms with Crippen LogP contribution < -0.4 is 24.8 Å². The molecule has 1 heterocycles. The monoisotopic (exact) mass is 585 g/mol. The summed E-state index contributed by atoms with van der Waals surface area (Å²) in [4.78, 5) is 25.4. The zero-order valence-electron chi connectivity index (χ0n) is 21.7. The number of hydrogen-bond donors (Lipinski definition) is 2. The number of rotatable bonds is 11. The highest BCUT2D eigenvalue weighted by atomic mass is 35.5. The van der Waals surface area contributed by atoms with E-state index < -0.39 is 11.7 Å². The fraction of sp³-hybridized carbons (Fsp3) is 0.185. The summed E-state index contributed by atoms with van der Waals surface area (Å²) in [7, 11) is 4.59. The lowest BCUT2D eigenvalue weighted by molar-refractivity contribution is -0.113. The number of thioether (sulfide) groups is 1. The molecule has 0 fully saturated rings. The first-order chi connectivity index (χ1) is 19.3. The van der Waals surface area contributed by atoms with Crippen LogP contribution in [0.3, 0.4) is 0 Å². The van der Waals surface area contributed by atoms with Crippen molar-refractivity contribution in [3.8, 4) is 22.9 Å². The van der Waals surface area contributed by atoms with Gasteiger partial charge in [-0.2, -0.15) is 0 Å². The third-order valence-electron chi connectivity index (χ3n) is 5.63. The van der Waals surface area contributed by atoms with E-state index in [1.807, 2.05) is 0 Å². The molecule has 0 radical (unpaired) electrons. The first-order valence-electron chi connectivity index (χ1n) is 11.8. The number of benzene rings is 3. The largest absolute Gasteiger partial charge is 0.497 e. The van der Waals surface area contributed by atoms with E-state index in [0.717, 1.165) is 17.8 Å². The van der Waals surface area contributed by atoms with Gasteiger partial charge in [-0.25, -0.2) is 4.39 Å². The molecular formula is C27H25ClFN5O5S. The zero-order valence-corrected chi connectivity index (χ0v) is 23.3. The van der Waals surface area contributed by atoms with Crippen LogP contribution in [0.5, 0.6) is 17.2 Å². The maximum absolute atomic E-state index is 14.3.